The van der Waals surface area contributed by atoms with Gasteiger partial charge in [0, 0.05) is 0 Å². The molecule has 0 unspecified atom stereocenters. The fraction of sp³-hybridized carbons (Fsp3) is 0.300. The highest BCUT2D eigenvalue weighted by atomic mass is 32.2. The Labute approximate surface area is 100 Å². The standard InChI is InChI=1S/C10H11NO3S2/c1-3-14-9-6-4-5-8(2)10(9)16(12,13)11-7-15/h4-6H,3H2,1-2H3. The van der Waals surface area contributed by atoms with E-state index in [0.717, 1.165) is 0 Å². The van der Waals surface area contributed by atoms with Gasteiger partial charge in [0.2, 0.25) is 0 Å². The van der Waals surface area contributed by atoms with Crippen LogP contribution < -0.4 is 4.74 Å². The van der Waals surface area contributed by atoms with Crippen molar-refractivity contribution in [2.24, 2.45) is 4.40 Å². The first kappa shape index (κ1) is 12.8. The summed E-state index contributed by atoms with van der Waals surface area (Å²) >= 11 is 4.31. The molecule has 0 aliphatic rings. The van der Waals surface area contributed by atoms with Gasteiger partial charge in [0.25, 0.3) is 10.0 Å². The van der Waals surface area contributed by atoms with E-state index in [4.69, 9.17) is 4.74 Å². The SMILES string of the molecule is CCOc1cccc(C)c1S(=O)(=O)N=C=S. The second-order valence-corrected chi connectivity index (χ2v) is 4.72. The predicted molar refractivity (Wildman–Crippen MR) is 64.6 cm³/mol. The van der Waals surface area contributed by atoms with Crippen molar-refractivity contribution in [2.75, 3.05) is 6.61 Å². The maximum atomic E-state index is 11.8. The minimum Gasteiger partial charge on any atom is -0.492 e. The van der Waals surface area contributed by atoms with Crippen LogP contribution in [-0.4, -0.2) is 20.2 Å². The average Bonchev–Trinajstić information content (AvgIpc) is 2.17. The number of rotatable bonds is 4. The lowest BCUT2D eigenvalue weighted by Crippen LogP contribution is -2.04. The Hall–Kier alpha value is -1.23. The number of nitrogens with zero attached hydrogens (tertiary/aromatic N) is 1. The Kier molecular flexibility index (Phi) is 4.18. The van der Waals surface area contributed by atoms with Crippen LogP contribution in [0.4, 0.5) is 0 Å². The number of hydrogen-bond donors (Lipinski definition) is 0. The number of benzene rings is 1. The number of aryl methyl sites for hydroxylation is 1. The van der Waals surface area contributed by atoms with Crippen LogP contribution in [-0.2, 0) is 10.0 Å². The monoisotopic (exact) mass is 257 g/mol. The Balaban J connectivity index is 3.47. The lowest BCUT2D eigenvalue weighted by molar-refractivity contribution is 0.330. The summed E-state index contributed by atoms with van der Waals surface area (Å²) in [5.41, 5.74) is 0.569. The van der Waals surface area contributed by atoms with E-state index in [0.29, 0.717) is 12.2 Å². The van der Waals surface area contributed by atoms with Crippen molar-refractivity contribution in [1.29, 1.82) is 0 Å². The van der Waals surface area contributed by atoms with Gasteiger partial charge in [-0.15, -0.1) is 4.40 Å². The quantitative estimate of drug-likeness (QED) is 0.613. The third kappa shape index (κ3) is 2.66. The Morgan fingerprint density at radius 1 is 1.50 bits per heavy atom. The minimum atomic E-state index is -3.81. The van der Waals surface area contributed by atoms with Gasteiger partial charge in [0.05, 0.1) is 11.8 Å². The topological polar surface area (TPSA) is 55.7 Å². The van der Waals surface area contributed by atoms with Crippen molar-refractivity contribution in [2.45, 2.75) is 18.7 Å². The van der Waals surface area contributed by atoms with Crippen LogP contribution in [0.25, 0.3) is 0 Å². The third-order valence-corrected chi connectivity index (χ3v) is 3.47. The van der Waals surface area contributed by atoms with Crippen LogP contribution in [0.15, 0.2) is 27.5 Å². The summed E-state index contributed by atoms with van der Waals surface area (Å²) in [6.07, 6.45) is 0. The van der Waals surface area contributed by atoms with E-state index in [-0.39, 0.29) is 10.6 Å². The molecule has 1 aromatic rings. The van der Waals surface area contributed by atoms with Crippen LogP contribution in [0.2, 0.25) is 0 Å². The summed E-state index contributed by atoms with van der Waals surface area (Å²) in [6, 6.07) is 4.98. The predicted octanol–water partition coefficient (Wildman–Crippen LogP) is 2.19. The molecule has 0 aliphatic heterocycles. The average molecular weight is 257 g/mol. The highest BCUT2D eigenvalue weighted by Crippen LogP contribution is 2.28. The maximum absolute atomic E-state index is 11.8. The molecular weight excluding hydrogens is 246 g/mol. The van der Waals surface area contributed by atoms with Crippen LogP contribution >= 0.6 is 12.2 Å². The summed E-state index contributed by atoms with van der Waals surface area (Å²) in [6.45, 7) is 3.84. The summed E-state index contributed by atoms with van der Waals surface area (Å²) in [5, 5.41) is 1.87. The van der Waals surface area contributed by atoms with Gasteiger partial charge in [-0.05, 0) is 37.7 Å². The molecule has 0 atom stereocenters. The van der Waals surface area contributed by atoms with E-state index >= 15 is 0 Å². The molecule has 0 fully saturated rings. The number of hydrogen-bond acceptors (Lipinski definition) is 4. The molecule has 86 valence electrons. The van der Waals surface area contributed by atoms with Crippen LogP contribution in [0.1, 0.15) is 12.5 Å². The zero-order valence-corrected chi connectivity index (χ0v) is 10.6. The van der Waals surface area contributed by atoms with Gasteiger partial charge >= 0.3 is 0 Å². The van der Waals surface area contributed by atoms with Crippen molar-refractivity contribution in [3.05, 3.63) is 23.8 Å². The molecule has 0 heterocycles. The lowest BCUT2D eigenvalue weighted by atomic mass is 10.2. The van der Waals surface area contributed by atoms with E-state index in [1.54, 1.807) is 32.0 Å². The molecule has 1 aromatic carbocycles. The minimum absolute atomic E-state index is 0.0502. The molecule has 0 radical (unpaired) electrons. The van der Waals surface area contributed by atoms with E-state index in [9.17, 15) is 8.42 Å². The summed E-state index contributed by atoms with van der Waals surface area (Å²) in [4.78, 5) is 0.0502. The summed E-state index contributed by atoms with van der Waals surface area (Å²) in [5.74, 6) is 0.288. The molecular formula is C10H11NO3S2. The summed E-state index contributed by atoms with van der Waals surface area (Å²) in [7, 11) is -3.81. The van der Waals surface area contributed by atoms with Crippen LogP contribution in [0, 0.1) is 6.92 Å². The smallest absolute Gasteiger partial charge is 0.294 e. The normalized spacial score (nSPS) is 10.6. The first-order valence-corrected chi connectivity index (χ1v) is 6.44. The zero-order valence-electron chi connectivity index (χ0n) is 8.93. The maximum Gasteiger partial charge on any atom is 0.294 e. The first-order chi connectivity index (χ1) is 7.53. The third-order valence-electron chi connectivity index (χ3n) is 1.89. The van der Waals surface area contributed by atoms with E-state index in [1.165, 1.54) is 0 Å². The summed E-state index contributed by atoms with van der Waals surface area (Å²) < 4.78 is 32.0. The molecule has 0 aromatic heterocycles. The fourth-order valence-electron chi connectivity index (χ4n) is 1.32. The highest BCUT2D eigenvalue weighted by molar-refractivity contribution is 7.91. The molecule has 0 amide bonds. The number of sulfonamides is 1. The van der Waals surface area contributed by atoms with Gasteiger partial charge in [-0.3, -0.25) is 0 Å². The van der Waals surface area contributed by atoms with Crippen molar-refractivity contribution in [3.8, 4) is 5.75 Å². The van der Waals surface area contributed by atoms with Gasteiger partial charge in [-0.25, -0.2) is 0 Å². The number of ether oxygens (including phenoxy) is 1. The Morgan fingerprint density at radius 3 is 2.75 bits per heavy atom. The van der Waals surface area contributed by atoms with Crippen LogP contribution in [0.3, 0.4) is 0 Å². The molecule has 0 bridgehead atoms. The van der Waals surface area contributed by atoms with Crippen molar-refractivity contribution >= 4 is 27.4 Å². The van der Waals surface area contributed by atoms with E-state index in [2.05, 4.69) is 16.6 Å². The van der Waals surface area contributed by atoms with Gasteiger partial charge in [-0.2, -0.15) is 8.42 Å². The van der Waals surface area contributed by atoms with Crippen molar-refractivity contribution in [1.82, 2.24) is 0 Å². The van der Waals surface area contributed by atoms with Gasteiger partial charge < -0.3 is 4.74 Å². The highest BCUT2D eigenvalue weighted by Gasteiger charge is 2.20. The molecule has 0 N–H and O–H groups in total. The molecule has 0 aliphatic carbocycles. The second kappa shape index (κ2) is 5.21. The second-order valence-electron chi connectivity index (χ2n) is 2.99. The van der Waals surface area contributed by atoms with Crippen LogP contribution in [0.5, 0.6) is 5.75 Å². The zero-order chi connectivity index (χ0) is 12.2. The Morgan fingerprint density at radius 2 is 2.19 bits per heavy atom. The number of thiocarbonyl (C=S) groups is 1. The van der Waals surface area contributed by atoms with Crippen molar-refractivity contribution in [3.63, 3.8) is 0 Å². The Bertz CT molecular complexity index is 531. The molecule has 0 saturated heterocycles. The number of isothiocyanates is 1. The first-order valence-electron chi connectivity index (χ1n) is 4.59. The molecule has 16 heavy (non-hydrogen) atoms. The van der Waals surface area contributed by atoms with E-state index < -0.39 is 10.0 Å². The largest absolute Gasteiger partial charge is 0.492 e. The van der Waals surface area contributed by atoms with Gasteiger partial charge in [0.15, 0.2) is 0 Å². The molecule has 4 nitrogen and oxygen atoms in total. The van der Waals surface area contributed by atoms with Crippen molar-refractivity contribution < 1.29 is 13.2 Å². The molecule has 1 rings (SSSR count). The molecule has 6 heteroatoms. The molecule has 0 saturated carbocycles. The van der Waals surface area contributed by atoms with E-state index in [1.807, 2.05) is 5.16 Å². The fourth-order valence-corrected chi connectivity index (χ4v) is 2.66. The van der Waals surface area contributed by atoms with Gasteiger partial charge in [-0.1, -0.05) is 12.1 Å². The van der Waals surface area contributed by atoms with Gasteiger partial charge in [0.1, 0.15) is 10.6 Å². The molecule has 0 spiro atoms. The lowest BCUT2D eigenvalue weighted by Gasteiger charge is -2.09.